The maximum atomic E-state index is 12.2. The number of carboxylic acid groups (broad SMARTS) is 1. The van der Waals surface area contributed by atoms with Crippen molar-refractivity contribution in [2.24, 2.45) is 0 Å². The van der Waals surface area contributed by atoms with E-state index in [2.05, 4.69) is 5.10 Å². The van der Waals surface area contributed by atoms with Crippen LogP contribution in [0.2, 0.25) is 0 Å². The Morgan fingerprint density at radius 3 is 2.56 bits per heavy atom. The minimum Gasteiger partial charge on any atom is -0.504 e. The van der Waals surface area contributed by atoms with Gasteiger partial charge in [-0.15, -0.1) is 0 Å². The van der Waals surface area contributed by atoms with Gasteiger partial charge in [0.15, 0.2) is 11.4 Å². The van der Waals surface area contributed by atoms with Gasteiger partial charge in [0.05, 0.1) is 4.92 Å². The second-order valence-corrected chi connectivity index (χ2v) is 4.59. The minimum absolute atomic E-state index is 0.0995. The van der Waals surface area contributed by atoms with E-state index in [0.29, 0.717) is 4.68 Å². The van der Waals surface area contributed by atoms with E-state index in [1.165, 1.54) is 0 Å². The van der Waals surface area contributed by atoms with E-state index < -0.39 is 45.3 Å². The fourth-order valence-electron chi connectivity index (χ4n) is 1.83. The molecule has 0 atom stereocenters. The summed E-state index contributed by atoms with van der Waals surface area (Å²) in [7, 11) is 0. The van der Waals surface area contributed by atoms with Crippen LogP contribution in [0.4, 0.5) is 5.69 Å². The quantitative estimate of drug-likeness (QED) is 0.241. The van der Waals surface area contributed by atoms with Crippen LogP contribution in [-0.2, 0) is 0 Å². The van der Waals surface area contributed by atoms with Crippen LogP contribution in [0.3, 0.4) is 0 Å². The summed E-state index contributed by atoms with van der Waals surface area (Å²) in [6.45, 7) is 0. The van der Waals surface area contributed by atoms with Gasteiger partial charge < -0.3 is 15.3 Å². The maximum Gasteiger partial charge on any atom is 0.356 e. The molecule has 1 aromatic heterocycles. The number of phenolic OH excluding ortho intramolecular Hbond substituents is 2. The number of carbonyl (C=O) groups excluding carboxylic acids is 1. The highest BCUT2D eigenvalue weighted by atomic mass is 16.6. The van der Waals surface area contributed by atoms with Crippen LogP contribution >= 0.6 is 0 Å². The summed E-state index contributed by atoms with van der Waals surface area (Å²) >= 11 is 0. The summed E-state index contributed by atoms with van der Waals surface area (Å²) in [4.78, 5) is 32.8. The average Bonchev–Trinajstić information content (AvgIpc) is 3.05. The number of nitriles is 1. The van der Waals surface area contributed by atoms with Gasteiger partial charge in [0.25, 0.3) is 5.91 Å². The molecule has 0 spiro atoms. The van der Waals surface area contributed by atoms with Gasteiger partial charge in [-0.3, -0.25) is 14.9 Å². The fraction of sp³-hybridized carbons (Fsp3) is 0. The average molecular weight is 344 g/mol. The number of aromatic hydroxyl groups is 2. The summed E-state index contributed by atoms with van der Waals surface area (Å²) in [6.07, 6.45) is 1.96. The van der Waals surface area contributed by atoms with Gasteiger partial charge in [-0.05, 0) is 23.8 Å². The van der Waals surface area contributed by atoms with Gasteiger partial charge in [-0.2, -0.15) is 10.4 Å². The lowest BCUT2D eigenvalue weighted by Crippen LogP contribution is -2.14. The predicted molar refractivity (Wildman–Crippen MR) is 79.8 cm³/mol. The largest absolute Gasteiger partial charge is 0.504 e. The molecule has 0 aliphatic heterocycles. The molecule has 0 aliphatic rings. The number of allylic oxidation sites excluding steroid dienone is 1. The molecule has 0 bridgehead atoms. The van der Waals surface area contributed by atoms with Gasteiger partial charge in [-0.1, -0.05) is 0 Å². The number of rotatable bonds is 4. The molecule has 1 aromatic carbocycles. The first-order valence-corrected chi connectivity index (χ1v) is 6.40. The van der Waals surface area contributed by atoms with Gasteiger partial charge >= 0.3 is 11.7 Å². The van der Waals surface area contributed by atoms with E-state index in [4.69, 9.17) is 10.4 Å². The van der Waals surface area contributed by atoms with Crippen LogP contribution in [0, 0.1) is 21.4 Å². The lowest BCUT2D eigenvalue weighted by molar-refractivity contribution is -0.386. The first-order chi connectivity index (χ1) is 11.7. The highest BCUT2D eigenvalue weighted by Gasteiger charge is 2.20. The Morgan fingerprint density at radius 2 is 2.04 bits per heavy atom. The first-order valence-electron chi connectivity index (χ1n) is 6.40. The molecule has 126 valence electrons. The highest BCUT2D eigenvalue weighted by Crippen LogP contribution is 2.36. The molecule has 2 aromatic rings. The highest BCUT2D eigenvalue weighted by molar-refractivity contribution is 6.03. The molecule has 0 aliphatic carbocycles. The van der Waals surface area contributed by atoms with Crippen molar-refractivity contribution in [1.82, 2.24) is 9.78 Å². The third-order valence-corrected chi connectivity index (χ3v) is 2.97. The molecule has 0 unspecified atom stereocenters. The zero-order valence-corrected chi connectivity index (χ0v) is 12.2. The smallest absolute Gasteiger partial charge is 0.356 e. The summed E-state index contributed by atoms with van der Waals surface area (Å²) in [5.41, 5.74) is -1.86. The van der Waals surface area contributed by atoms with Crippen molar-refractivity contribution in [3.63, 3.8) is 0 Å². The van der Waals surface area contributed by atoms with Gasteiger partial charge in [0, 0.05) is 12.3 Å². The molecule has 0 saturated heterocycles. The number of hydrogen-bond donors (Lipinski definition) is 3. The SMILES string of the molecule is N#C/C(=C\c1cc(O)c(O)c([N+](=O)[O-])c1)C(=O)n1ccc(C(=O)O)n1. The third-order valence-electron chi connectivity index (χ3n) is 2.97. The summed E-state index contributed by atoms with van der Waals surface area (Å²) in [5, 5.41) is 51.1. The van der Waals surface area contributed by atoms with Gasteiger partial charge in [0.2, 0.25) is 5.75 Å². The fourth-order valence-corrected chi connectivity index (χ4v) is 1.83. The monoisotopic (exact) mass is 344 g/mol. The number of nitrogens with zero attached hydrogens (tertiary/aromatic N) is 4. The van der Waals surface area contributed by atoms with Crippen molar-refractivity contribution in [1.29, 1.82) is 5.26 Å². The Labute approximate surface area is 138 Å². The normalized spacial score (nSPS) is 10.9. The molecule has 0 saturated carbocycles. The van der Waals surface area contributed by atoms with Gasteiger partial charge in [0.1, 0.15) is 11.6 Å². The second kappa shape index (κ2) is 6.50. The predicted octanol–water partition coefficient (Wildman–Crippen LogP) is 1.15. The number of phenols is 2. The van der Waals surface area contributed by atoms with E-state index in [9.17, 15) is 29.9 Å². The number of benzene rings is 1. The van der Waals surface area contributed by atoms with Crippen LogP contribution in [0.5, 0.6) is 11.5 Å². The molecule has 0 radical (unpaired) electrons. The number of aromatic nitrogens is 2. The van der Waals surface area contributed by atoms with Crippen molar-refractivity contribution in [3.8, 4) is 17.6 Å². The standard InChI is InChI=1S/C14H8N4O7/c15-6-8(13(21)17-2-1-9(16-17)14(22)23)3-7-4-10(18(24)25)12(20)11(19)5-7/h1-5,19-20H,(H,22,23)/b8-3+. The molecule has 11 heteroatoms. The molecule has 0 amide bonds. The molecular formula is C14H8N4O7. The number of nitro benzene ring substituents is 1. The third kappa shape index (κ3) is 3.42. The lowest BCUT2D eigenvalue weighted by Gasteiger charge is -2.02. The number of nitro groups is 1. The second-order valence-electron chi connectivity index (χ2n) is 4.59. The lowest BCUT2D eigenvalue weighted by atomic mass is 10.1. The molecule has 0 fully saturated rings. The summed E-state index contributed by atoms with van der Waals surface area (Å²) in [6, 6.07) is 4.38. The summed E-state index contributed by atoms with van der Waals surface area (Å²) in [5.74, 6) is -4.11. The van der Waals surface area contributed by atoms with E-state index in [0.717, 1.165) is 30.5 Å². The van der Waals surface area contributed by atoms with E-state index in [-0.39, 0.29) is 5.56 Å². The van der Waals surface area contributed by atoms with E-state index in [1.54, 1.807) is 6.07 Å². The number of carboxylic acids is 1. The topological polar surface area (TPSA) is 180 Å². The van der Waals surface area contributed by atoms with Crippen LogP contribution in [0.1, 0.15) is 20.8 Å². The van der Waals surface area contributed by atoms with Crippen LogP contribution in [-0.4, -0.2) is 41.9 Å². The van der Waals surface area contributed by atoms with Crippen molar-refractivity contribution in [3.05, 3.63) is 51.3 Å². The van der Waals surface area contributed by atoms with Gasteiger partial charge in [-0.25, -0.2) is 9.48 Å². The number of carbonyl (C=O) groups is 2. The molecule has 11 nitrogen and oxygen atoms in total. The molecule has 2 rings (SSSR count). The number of hydrogen-bond acceptors (Lipinski definition) is 8. The molecule has 1 heterocycles. The van der Waals surface area contributed by atoms with Crippen LogP contribution in [0.15, 0.2) is 30.0 Å². The maximum absolute atomic E-state index is 12.2. The molecular weight excluding hydrogens is 336 g/mol. The Morgan fingerprint density at radius 1 is 1.36 bits per heavy atom. The first kappa shape index (κ1) is 17.2. The van der Waals surface area contributed by atoms with Crippen molar-refractivity contribution >= 4 is 23.6 Å². The van der Waals surface area contributed by atoms with Crippen molar-refractivity contribution < 1.29 is 29.8 Å². The van der Waals surface area contributed by atoms with Crippen molar-refractivity contribution in [2.45, 2.75) is 0 Å². The van der Waals surface area contributed by atoms with E-state index in [1.807, 2.05) is 0 Å². The Hall–Kier alpha value is -4.20. The minimum atomic E-state index is -1.37. The Bertz CT molecular complexity index is 968. The van der Waals surface area contributed by atoms with Crippen molar-refractivity contribution in [2.75, 3.05) is 0 Å². The number of aromatic carboxylic acids is 1. The summed E-state index contributed by atoms with van der Waals surface area (Å²) < 4.78 is 0.618. The zero-order valence-electron chi connectivity index (χ0n) is 12.2. The molecule has 3 N–H and O–H groups in total. The Kier molecular flexibility index (Phi) is 4.46. The molecule has 25 heavy (non-hydrogen) atoms. The van der Waals surface area contributed by atoms with Crippen LogP contribution < -0.4 is 0 Å². The zero-order chi connectivity index (χ0) is 18.7. The Balaban J connectivity index is 2.46. The van der Waals surface area contributed by atoms with Crippen LogP contribution in [0.25, 0.3) is 6.08 Å². The van der Waals surface area contributed by atoms with E-state index >= 15 is 0 Å².